The molecule has 3 N–H and O–H groups in total. The summed E-state index contributed by atoms with van der Waals surface area (Å²) >= 11 is 5.35. The third kappa shape index (κ3) is 3.62. The molecule has 4 heterocycles. The molecule has 5 nitrogen and oxygen atoms in total. The Morgan fingerprint density at radius 3 is 3.08 bits per heavy atom. The van der Waals surface area contributed by atoms with E-state index in [4.69, 9.17) is 17.2 Å². The fourth-order valence-corrected chi connectivity index (χ4v) is 4.38. The highest BCUT2D eigenvalue weighted by atomic mass is 32.1. The number of aromatic amines is 1. The highest BCUT2D eigenvalue weighted by Crippen LogP contribution is 2.34. The van der Waals surface area contributed by atoms with Gasteiger partial charge < -0.3 is 15.6 Å². The first-order valence-electron chi connectivity index (χ1n) is 9.59. The molecule has 6 heteroatoms. The van der Waals surface area contributed by atoms with Gasteiger partial charge in [-0.25, -0.2) is 4.98 Å². The first kappa shape index (κ1) is 17.5. The van der Waals surface area contributed by atoms with Crippen molar-refractivity contribution in [2.75, 3.05) is 18.4 Å². The normalized spacial score (nSPS) is 20.7. The van der Waals surface area contributed by atoms with E-state index in [1.54, 1.807) is 0 Å². The number of fused-ring (bicyclic) bond motifs is 2. The minimum absolute atomic E-state index is 0.299. The molecule has 0 radical (unpaired) electrons. The molecule has 1 saturated heterocycles. The predicted octanol–water partition coefficient (Wildman–Crippen LogP) is 3.90. The van der Waals surface area contributed by atoms with E-state index in [1.807, 2.05) is 6.07 Å². The van der Waals surface area contributed by atoms with Crippen molar-refractivity contribution in [1.82, 2.24) is 20.2 Å². The summed E-state index contributed by atoms with van der Waals surface area (Å²) in [5.74, 6) is 0.784. The molecule has 2 aromatic rings. The van der Waals surface area contributed by atoms with Crippen LogP contribution in [0.5, 0.6) is 0 Å². The molecule has 2 aliphatic rings. The second kappa shape index (κ2) is 7.37. The Labute approximate surface area is 160 Å². The molecule has 2 aromatic heterocycles. The molecule has 138 valence electrons. The molecule has 26 heavy (non-hydrogen) atoms. The predicted molar refractivity (Wildman–Crippen MR) is 112 cm³/mol. The number of hydrogen-bond acceptors (Lipinski definition) is 3. The lowest BCUT2D eigenvalue weighted by atomic mass is 9.89. The Balaban J connectivity index is 1.59. The lowest BCUT2D eigenvalue weighted by Gasteiger charge is -2.38. The van der Waals surface area contributed by atoms with Crippen LogP contribution in [0.25, 0.3) is 16.6 Å². The largest absolute Gasteiger partial charge is 0.360 e. The van der Waals surface area contributed by atoms with Gasteiger partial charge in [0.25, 0.3) is 0 Å². The van der Waals surface area contributed by atoms with Crippen molar-refractivity contribution in [3.8, 4) is 0 Å². The van der Waals surface area contributed by atoms with Crippen LogP contribution in [0.4, 0.5) is 5.82 Å². The molecule has 1 fully saturated rings. The number of thiocarbonyl (C=S) groups is 1. The van der Waals surface area contributed by atoms with Crippen molar-refractivity contribution >= 4 is 39.8 Å². The smallest absolute Gasteiger partial charge is 0.172 e. The Hall–Kier alpha value is -1.92. The third-order valence-corrected chi connectivity index (χ3v) is 5.53. The van der Waals surface area contributed by atoms with Crippen LogP contribution in [0.3, 0.4) is 0 Å². The second-order valence-electron chi connectivity index (χ2n) is 7.63. The molecule has 0 bridgehead atoms. The first-order chi connectivity index (χ1) is 12.6. The van der Waals surface area contributed by atoms with E-state index in [9.17, 15) is 0 Å². The maximum absolute atomic E-state index is 5.35. The minimum atomic E-state index is 0.299. The molecule has 0 amide bonds. The summed E-state index contributed by atoms with van der Waals surface area (Å²) in [7, 11) is 0. The number of H-pyrrole nitrogens is 1. The first-order valence-corrected chi connectivity index (χ1v) is 10.00. The fourth-order valence-electron chi connectivity index (χ4n) is 4.04. The van der Waals surface area contributed by atoms with Gasteiger partial charge in [0.2, 0.25) is 0 Å². The van der Waals surface area contributed by atoms with Gasteiger partial charge in [0.1, 0.15) is 5.82 Å². The Bertz CT molecular complexity index is 838. The van der Waals surface area contributed by atoms with Crippen LogP contribution < -0.4 is 10.6 Å². The molecule has 2 aliphatic heterocycles. The average Bonchev–Trinajstić information content (AvgIpc) is 3.03. The van der Waals surface area contributed by atoms with Gasteiger partial charge in [-0.2, -0.15) is 0 Å². The van der Waals surface area contributed by atoms with Crippen LogP contribution in [0.1, 0.15) is 45.1 Å². The van der Waals surface area contributed by atoms with Crippen molar-refractivity contribution in [1.29, 1.82) is 0 Å². The molecular weight excluding hydrogens is 342 g/mol. The molecule has 0 aromatic carbocycles. The zero-order valence-electron chi connectivity index (χ0n) is 15.5. The van der Waals surface area contributed by atoms with Gasteiger partial charge in [0.05, 0.1) is 11.0 Å². The number of nitrogens with zero attached hydrogens (tertiary/aromatic N) is 2. The molecule has 4 rings (SSSR count). The summed E-state index contributed by atoms with van der Waals surface area (Å²) < 4.78 is 0. The number of nitrogens with one attached hydrogen (secondary N) is 3. The number of aromatic nitrogens is 2. The molecular formula is C20H27N5S. The summed E-state index contributed by atoms with van der Waals surface area (Å²) in [5.41, 5.74) is 4.75. The maximum atomic E-state index is 5.35. The van der Waals surface area contributed by atoms with E-state index < -0.39 is 0 Å². The number of anilines is 1. The van der Waals surface area contributed by atoms with Crippen LogP contribution in [-0.2, 0) is 0 Å². The van der Waals surface area contributed by atoms with Gasteiger partial charge in [0.15, 0.2) is 5.11 Å². The monoisotopic (exact) mass is 369 g/mol. The standard InChI is InChI=1S/C20H27N5S/c1-13(2)22-20(26)24-18-7-6-17-19(23-18)16(12-21-17)14-8-10-25-9-4-3-5-15(25)11-14/h6-8,12-13,15,21H,3-5,9-11H2,1-2H3,(H2,22,23,24,26). The summed E-state index contributed by atoms with van der Waals surface area (Å²) in [4.78, 5) is 10.8. The summed E-state index contributed by atoms with van der Waals surface area (Å²) in [6, 6.07) is 5.03. The van der Waals surface area contributed by atoms with E-state index in [0.717, 1.165) is 29.8 Å². The molecule has 0 spiro atoms. The summed E-state index contributed by atoms with van der Waals surface area (Å²) in [5, 5.41) is 7.01. The topological polar surface area (TPSA) is 56.0 Å². The summed E-state index contributed by atoms with van der Waals surface area (Å²) in [6.45, 7) is 6.44. The molecule has 0 saturated carbocycles. The van der Waals surface area contributed by atoms with Crippen LogP contribution in [0.15, 0.2) is 24.4 Å². The van der Waals surface area contributed by atoms with Gasteiger partial charge in [-0.1, -0.05) is 12.5 Å². The lowest BCUT2D eigenvalue weighted by molar-refractivity contribution is 0.161. The molecule has 1 unspecified atom stereocenters. The van der Waals surface area contributed by atoms with E-state index in [-0.39, 0.29) is 0 Å². The van der Waals surface area contributed by atoms with Crippen molar-refractivity contribution < 1.29 is 0 Å². The van der Waals surface area contributed by atoms with Crippen molar-refractivity contribution in [2.45, 2.75) is 51.6 Å². The van der Waals surface area contributed by atoms with Crippen LogP contribution in [0, 0.1) is 0 Å². The Morgan fingerprint density at radius 1 is 1.35 bits per heavy atom. The van der Waals surface area contributed by atoms with Gasteiger partial charge in [0, 0.05) is 30.4 Å². The van der Waals surface area contributed by atoms with E-state index in [2.05, 4.69) is 52.7 Å². The summed E-state index contributed by atoms with van der Waals surface area (Å²) in [6.07, 6.45) is 9.63. The number of piperidine rings is 1. The van der Waals surface area contributed by atoms with Gasteiger partial charge in [-0.3, -0.25) is 4.90 Å². The fraction of sp³-hybridized carbons (Fsp3) is 0.500. The SMILES string of the molecule is CC(C)NC(=S)Nc1ccc2[nH]cc(C3=CCN4CCCCC4C3)c2n1. The second-order valence-corrected chi connectivity index (χ2v) is 8.03. The van der Waals surface area contributed by atoms with Crippen molar-refractivity contribution in [2.24, 2.45) is 0 Å². The molecule has 0 aliphatic carbocycles. The average molecular weight is 370 g/mol. The zero-order chi connectivity index (χ0) is 18.1. The number of hydrogen-bond donors (Lipinski definition) is 3. The van der Waals surface area contributed by atoms with Gasteiger partial charge >= 0.3 is 0 Å². The highest BCUT2D eigenvalue weighted by molar-refractivity contribution is 7.80. The zero-order valence-corrected chi connectivity index (χ0v) is 16.3. The number of rotatable bonds is 3. The van der Waals surface area contributed by atoms with Crippen molar-refractivity contribution in [3.63, 3.8) is 0 Å². The Kier molecular flexibility index (Phi) is 4.96. The third-order valence-electron chi connectivity index (χ3n) is 5.31. The van der Waals surface area contributed by atoms with E-state index >= 15 is 0 Å². The maximum Gasteiger partial charge on any atom is 0.172 e. The lowest BCUT2D eigenvalue weighted by Crippen LogP contribution is -2.41. The Morgan fingerprint density at radius 2 is 2.23 bits per heavy atom. The van der Waals surface area contributed by atoms with Gasteiger partial charge in [-0.15, -0.1) is 0 Å². The minimum Gasteiger partial charge on any atom is -0.360 e. The van der Waals surface area contributed by atoms with E-state index in [0.29, 0.717) is 17.2 Å². The van der Waals surface area contributed by atoms with Crippen LogP contribution in [-0.4, -0.2) is 45.2 Å². The van der Waals surface area contributed by atoms with Gasteiger partial charge in [-0.05, 0) is 69.6 Å². The van der Waals surface area contributed by atoms with E-state index in [1.165, 1.54) is 36.9 Å². The number of pyridine rings is 1. The molecule has 1 atom stereocenters. The highest BCUT2D eigenvalue weighted by Gasteiger charge is 2.27. The van der Waals surface area contributed by atoms with Crippen LogP contribution >= 0.6 is 12.2 Å². The quantitative estimate of drug-likeness (QED) is 0.717. The van der Waals surface area contributed by atoms with Crippen LogP contribution in [0.2, 0.25) is 0 Å². The van der Waals surface area contributed by atoms with Crippen molar-refractivity contribution in [3.05, 3.63) is 30.0 Å².